The van der Waals surface area contributed by atoms with Gasteiger partial charge in [0.2, 0.25) is 0 Å². The van der Waals surface area contributed by atoms with Crippen LogP contribution in [0.15, 0.2) is 97.1 Å². The molecule has 0 heterocycles. The van der Waals surface area contributed by atoms with Gasteiger partial charge in [0.1, 0.15) is 28.9 Å². The third kappa shape index (κ3) is 15.1. The average molecular weight is 761 g/mol. The number of nitrogens with one attached hydrogen (secondary N) is 1. The first-order valence-corrected chi connectivity index (χ1v) is 19.5. The van der Waals surface area contributed by atoms with Gasteiger partial charge in [-0.3, -0.25) is 9.80 Å². The van der Waals surface area contributed by atoms with Crippen molar-refractivity contribution in [2.45, 2.75) is 103 Å². The summed E-state index contributed by atoms with van der Waals surface area (Å²) in [6, 6.07) is 26.8. The Hall–Kier alpha value is -4.25. The summed E-state index contributed by atoms with van der Waals surface area (Å²) >= 11 is 0. The van der Waals surface area contributed by atoms with Gasteiger partial charge in [-0.25, -0.2) is 22.4 Å². The molecule has 55 heavy (non-hydrogen) atoms. The van der Waals surface area contributed by atoms with E-state index in [4.69, 9.17) is 4.74 Å². The third-order valence-electron chi connectivity index (χ3n) is 10.1. The molecular formula is C45H56F4N4O2. The van der Waals surface area contributed by atoms with Gasteiger partial charge in [-0.05, 0) is 143 Å². The topological polar surface area (TPSA) is 48.1 Å². The van der Waals surface area contributed by atoms with Crippen LogP contribution in [-0.2, 0) is 30.9 Å². The molecule has 6 nitrogen and oxygen atoms in total. The summed E-state index contributed by atoms with van der Waals surface area (Å²) in [7, 11) is 0. The van der Waals surface area contributed by atoms with Gasteiger partial charge in [0.25, 0.3) is 0 Å². The monoisotopic (exact) mass is 760 g/mol. The summed E-state index contributed by atoms with van der Waals surface area (Å²) < 4.78 is 60.4. The van der Waals surface area contributed by atoms with Gasteiger partial charge in [-0.1, -0.05) is 48.5 Å². The number of ether oxygens (including phenoxy) is 1. The molecule has 0 spiro atoms. The predicted octanol–water partition coefficient (Wildman–Crippen LogP) is 9.87. The fourth-order valence-corrected chi connectivity index (χ4v) is 7.35. The zero-order valence-corrected chi connectivity index (χ0v) is 32.5. The van der Waals surface area contributed by atoms with Gasteiger partial charge in [0.15, 0.2) is 0 Å². The number of carbonyl (C=O) groups excluding carboxylic acids is 1. The van der Waals surface area contributed by atoms with Crippen LogP contribution in [-0.4, -0.2) is 64.7 Å². The lowest BCUT2D eigenvalue weighted by molar-refractivity contribution is 0.0474. The Balaban J connectivity index is 1.25. The highest BCUT2D eigenvalue weighted by Crippen LogP contribution is 2.25. The maximum absolute atomic E-state index is 13.7. The van der Waals surface area contributed by atoms with Gasteiger partial charge < -0.3 is 15.0 Å². The zero-order chi connectivity index (χ0) is 39.2. The van der Waals surface area contributed by atoms with Crippen LogP contribution >= 0.6 is 0 Å². The van der Waals surface area contributed by atoms with Gasteiger partial charge >= 0.3 is 6.09 Å². The molecule has 1 amide bonds. The Morgan fingerprint density at radius 3 is 1.20 bits per heavy atom. The molecule has 1 N–H and O–H groups in total. The highest BCUT2D eigenvalue weighted by molar-refractivity contribution is 5.68. The summed E-state index contributed by atoms with van der Waals surface area (Å²) in [5.74, 6) is -1.08. The quantitative estimate of drug-likeness (QED) is 0.102. The molecule has 0 bridgehead atoms. The number of alkyl carbamates (subject to hydrolysis) is 1. The molecule has 1 aliphatic carbocycles. The van der Waals surface area contributed by atoms with E-state index in [2.05, 4.69) is 20.0 Å². The largest absolute Gasteiger partial charge is 0.444 e. The van der Waals surface area contributed by atoms with Crippen molar-refractivity contribution in [3.8, 4) is 0 Å². The van der Waals surface area contributed by atoms with Crippen molar-refractivity contribution in [2.24, 2.45) is 0 Å². The van der Waals surface area contributed by atoms with E-state index in [9.17, 15) is 22.4 Å². The molecule has 0 aromatic heterocycles. The van der Waals surface area contributed by atoms with Crippen LogP contribution in [0.1, 0.15) is 81.5 Å². The molecule has 0 unspecified atom stereocenters. The van der Waals surface area contributed by atoms with Crippen LogP contribution in [0, 0.1) is 23.3 Å². The van der Waals surface area contributed by atoms with E-state index in [1.807, 2.05) is 69.3 Å². The molecule has 1 saturated carbocycles. The maximum Gasteiger partial charge on any atom is 0.407 e. The van der Waals surface area contributed by atoms with Crippen molar-refractivity contribution in [3.05, 3.63) is 143 Å². The number of halogens is 4. The van der Waals surface area contributed by atoms with Crippen molar-refractivity contribution in [3.63, 3.8) is 0 Å². The highest BCUT2D eigenvalue weighted by Gasteiger charge is 2.28. The predicted molar refractivity (Wildman–Crippen MR) is 210 cm³/mol. The Morgan fingerprint density at radius 1 is 0.564 bits per heavy atom. The second kappa shape index (κ2) is 20.6. The van der Waals surface area contributed by atoms with Crippen molar-refractivity contribution in [2.75, 3.05) is 26.2 Å². The van der Waals surface area contributed by atoms with E-state index in [0.717, 1.165) is 87.0 Å². The molecule has 0 saturated heterocycles. The molecule has 1 fully saturated rings. The molecule has 1 aliphatic rings. The van der Waals surface area contributed by atoms with E-state index >= 15 is 0 Å². The van der Waals surface area contributed by atoms with Crippen LogP contribution in [0.5, 0.6) is 0 Å². The first kappa shape index (κ1) is 41.9. The van der Waals surface area contributed by atoms with Crippen LogP contribution in [0.4, 0.5) is 22.4 Å². The number of hydrogen-bond acceptors (Lipinski definition) is 5. The molecule has 4 aromatic carbocycles. The minimum Gasteiger partial charge on any atom is -0.444 e. The van der Waals surface area contributed by atoms with Crippen molar-refractivity contribution in [1.82, 2.24) is 20.0 Å². The van der Waals surface area contributed by atoms with Gasteiger partial charge in [-0.15, -0.1) is 0 Å². The molecule has 0 radical (unpaired) electrons. The minimum absolute atomic E-state index is 0.0665. The summed E-state index contributed by atoms with van der Waals surface area (Å²) in [5, 5.41) is 3.07. The molecule has 4 aromatic rings. The second-order valence-electron chi connectivity index (χ2n) is 15.8. The number of benzene rings is 4. The number of rotatable bonds is 18. The lowest BCUT2D eigenvalue weighted by Gasteiger charge is -2.38. The second-order valence-corrected chi connectivity index (χ2v) is 15.8. The van der Waals surface area contributed by atoms with Crippen LogP contribution < -0.4 is 5.32 Å². The average Bonchev–Trinajstić information content (AvgIpc) is 3.14. The summed E-state index contributed by atoms with van der Waals surface area (Å²) in [6.07, 6.45) is 5.04. The highest BCUT2D eigenvalue weighted by atomic mass is 19.1. The molecular weight excluding hydrogens is 705 g/mol. The molecule has 0 aliphatic heterocycles. The molecule has 0 atom stereocenters. The summed E-state index contributed by atoms with van der Waals surface area (Å²) in [6.45, 7) is 11.5. The van der Waals surface area contributed by atoms with Gasteiger partial charge in [0, 0.05) is 51.4 Å². The number of hydrogen-bond donors (Lipinski definition) is 1. The lowest BCUT2D eigenvalue weighted by Crippen LogP contribution is -2.46. The number of amides is 1. The first-order valence-electron chi connectivity index (χ1n) is 19.5. The van der Waals surface area contributed by atoms with Crippen LogP contribution in [0.3, 0.4) is 0 Å². The van der Waals surface area contributed by atoms with Crippen LogP contribution in [0.25, 0.3) is 0 Å². The van der Waals surface area contributed by atoms with Crippen LogP contribution in [0.2, 0.25) is 0 Å². The van der Waals surface area contributed by atoms with Crippen molar-refractivity contribution < 1.29 is 27.1 Å². The lowest BCUT2D eigenvalue weighted by atomic mass is 9.90. The minimum atomic E-state index is -0.555. The van der Waals surface area contributed by atoms with E-state index in [-0.39, 0.29) is 35.4 Å². The van der Waals surface area contributed by atoms with Gasteiger partial charge in [-0.2, -0.15) is 0 Å². The Labute approximate surface area is 324 Å². The Morgan fingerprint density at radius 2 is 0.891 bits per heavy atom. The molecule has 5 rings (SSSR count). The number of nitrogens with zero attached hydrogens (tertiary/aromatic N) is 3. The first-order chi connectivity index (χ1) is 26.4. The van der Waals surface area contributed by atoms with Crippen molar-refractivity contribution >= 4 is 6.09 Å². The fourth-order valence-electron chi connectivity index (χ4n) is 7.35. The Bertz CT molecular complexity index is 1520. The number of carbonyl (C=O) groups is 1. The van der Waals surface area contributed by atoms with E-state index in [1.54, 1.807) is 0 Å². The maximum atomic E-state index is 13.7. The van der Waals surface area contributed by atoms with E-state index in [0.29, 0.717) is 32.2 Å². The van der Waals surface area contributed by atoms with E-state index < -0.39 is 5.60 Å². The fraction of sp³-hybridized carbons (Fsp3) is 0.444. The Kier molecular flexibility index (Phi) is 15.7. The SMILES string of the molecule is CC(C)(C)OC(=O)NC1CCC(N(CCCN(Cc2ccc(F)cc2)Cc2ccc(F)cc2)CCCN(Cc2ccc(F)cc2)Cc2ccc(F)cc2)CC1. The van der Waals surface area contributed by atoms with Crippen molar-refractivity contribution in [1.29, 1.82) is 0 Å². The smallest absolute Gasteiger partial charge is 0.407 e. The summed E-state index contributed by atoms with van der Waals surface area (Å²) in [4.78, 5) is 19.8. The normalized spacial score (nSPS) is 16.2. The van der Waals surface area contributed by atoms with E-state index in [1.165, 1.54) is 48.5 Å². The molecule has 296 valence electrons. The molecule has 10 heteroatoms. The zero-order valence-electron chi connectivity index (χ0n) is 32.5. The third-order valence-corrected chi connectivity index (χ3v) is 10.1. The standard InChI is InChI=1S/C45H56F4N4O2/c1-45(2,3)55-44(54)50-42-22-24-43(25-23-42)53(28-4-26-51(30-34-6-14-38(46)15-7-34)31-35-8-16-39(47)17-9-35)29-5-27-52(32-36-10-18-40(48)19-11-36)33-37-12-20-41(49)21-13-37/h6-21,42-43H,4-5,22-33H2,1-3H3,(H,50,54). The van der Waals surface area contributed by atoms with Gasteiger partial charge in [0.05, 0.1) is 0 Å². The summed E-state index contributed by atoms with van der Waals surface area (Å²) in [5.41, 5.74) is 3.50.